The third kappa shape index (κ3) is 3.86. The number of aryl methyl sites for hydroxylation is 1. The molecule has 0 fully saturated rings. The standard InChI is InChI=1S/C18H19FN2O4S/c1-25-12-18(22)21-9-3-4-13-10-15(7-8-17(13)21)20-26(23,24)16-6-2-5-14(19)11-16/h2,5-8,10-11,20H,3-4,9,12H2,1H3. The van der Waals surface area contributed by atoms with Crippen molar-refractivity contribution in [2.24, 2.45) is 0 Å². The molecule has 0 radical (unpaired) electrons. The number of anilines is 2. The zero-order chi connectivity index (χ0) is 18.7. The maximum Gasteiger partial charge on any atom is 0.261 e. The number of benzene rings is 2. The summed E-state index contributed by atoms with van der Waals surface area (Å²) in [7, 11) is -2.43. The van der Waals surface area contributed by atoms with E-state index in [1.807, 2.05) is 0 Å². The maximum absolute atomic E-state index is 13.3. The summed E-state index contributed by atoms with van der Waals surface area (Å²) in [5, 5.41) is 0. The minimum Gasteiger partial charge on any atom is -0.375 e. The van der Waals surface area contributed by atoms with Gasteiger partial charge in [-0.15, -0.1) is 0 Å². The monoisotopic (exact) mass is 378 g/mol. The molecule has 6 nitrogen and oxygen atoms in total. The number of sulfonamides is 1. The molecule has 26 heavy (non-hydrogen) atoms. The lowest BCUT2D eigenvalue weighted by atomic mass is 10.0. The number of methoxy groups -OCH3 is 1. The predicted molar refractivity (Wildman–Crippen MR) is 96.2 cm³/mol. The van der Waals surface area contributed by atoms with Crippen LogP contribution >= 0.6 is 0 Å². The van der Waals surface area contributed by atoms with E-state index in [1.54, 1.807) is 23.1 Å². The Hall–Kier alpha value is -2.45. The van der Waals surface area contributed by atoms with Crippen LogP contribution < -0.4 is 9.62 Å². The molecule has 0 bridgehead atoms. The van der Waals surface area contributed by atoms with Gasteiger partial charge in [0.25, 0.3) is 15.9 Å². The summed E-state index contributed by atoms with van der Waals surface area (Å²) in [4.78, 5) is 13.6. The second-order valence-electron chi connectivity index (χ2n) is 5.99. The highest BCUT2D eigenvalue weighted by Gasteiger charge is 2.23. The first-order valence-electron chi connectivity index (χ1n) is 8.11. The summed E-state index contributed by atoms with van der Waals surface area (Å²) in [5.74, 6) is -0.757. The predicted octanol–water partition coefficient (Wildman–Crippen LogP) is 2.55. The summed E-state index contributed by atoms with van der Waals surface area (Å²) >= 11 is 0. The van der Waals surface area contributed by atoms with Crippen LogP contribution in [0.15, 0.2) is 47.4 Å². The molecular formula is C18H19FN2O4S. The SMILES string of the molecule is COCC(=O)N1CCCc2cc(NS(=O)(=O)c3cccc(F)c3)ccc21. The van der Waals surface area contributed by atoms with Crippen molar-refractivity contribution >= 4 is 27.3 Å². The third-order valence-corrected chi connectivity index (χ3v) is 5.50. The van der Waals surface area contributed by atoms with E-state index in [0.29, 0.717) is 12.2 Å². The Morgan fingerprint density at radius 3 is 2.81 bits per heavy atom. The van der Waals surface area contributed by atoms with E-state index >= 15 is 0 Å². The zero-order valence-electron chi connectivity index (χ0n) is 14.2. The van der Waals surface area contributed by atoms with Crippen LogP contribution in [0.2, 0.25) is 0 Å². The summed E-state index contributed by atoms with van der Waals surface area (Å²) in [6.45, 7) is 0.594. The van der Waals surface area contributed by atoms with Gasteiger partial charge in [0.1, 0.15) is 12.4 Å². The van der Waals surface area contributed by atoms with Crippen molar-refractivity contribution in [2.45, 2.75) is 17.7 Å². The molecular weight excluding hydrogens is 359 g/mol. The first-order chi connectivity index (χ1) is 12.4. The van der Waals surface area contributed by atoms with Gasteiger partial charge in [-0.3, -0.25) is 9.52 Å². The Morgan fingerprint density at radius 1 is 1.27 bits per heavy atom. The van der Waals surface area contributed by atoms with E-state index < -0.39 is 15.8 Å². The number of amides is 1. The van der Waals surface area contributed by atoms with Crippen LogP contribution in [-0.4, -0.2) is 34.6 Å². The van der Waals surface area contributed by atoms with E-state index in [0.717, 1.165) is 30.2 Å². The number of nitrogens with zero attached hydrogens (tertiary/aromatic N) is 1. The Labute approximate surface area is 151 Å². The molecule has 0 unspecified atom stereocenters. The topological polar surface area (TPSA) is 75.7 Å². The van der Waals surface area contributed by atoms with E-state index in [1.165, 1.54) is 25.3 Å². The average molecular weight is 378 g/mol. The van der Waals surface area contributed by atoms with Gasteiger partial charge >= 0.3 is 0 Å². The van der Waals surface area contributed by atoms with Gasteiger partial charge in [-0.05, 0) is 54.8 Å². The molecule has 0 saturated heterocycles. The lowest BCUT2D eigenvalue weighted by Crippen LogP contribution is -2.37. The van der Waals surface area contributed by atoms with Gasteiger partial charge < -0.3 is 9.64 Å². The molecule has 0 aliphatic carbocycles. The number of nitrogens with one attached hydrogen (secondary N) is 1. The van der Waals surface area contributed by atoms with Crippen LogP contribution in [0.4, 0.5) is 15.8 Å². The van der Waals surface area contributed by atoms with Gasteiger partial charge in [0.15, 0.2) is 0 Å². The number of halogens is 1. The molecule has 1 amide bonds. The van der Waals surface area contributed by atoms with Crippen molar-refractivity contribution in [1.29, 1.82) is 0 Å². The van der Waals surface area contributed by atoms with Crippen molar-refractivity contribution in [3.8, 4) is 0 Å². The summed E-state index contributed by atoms with van der Waals surface area (Å²) in [6.07, 6.45) is 1.52. The molecule has 1 aliphatic heterocycles. The van der Waals surface area contributed by atoms with Gasteiger partial charge in [0, 0.05) is 25.0 Å². The van der Waals surface area contributed by atoms with Crippen molar-refractivity contribution < 1.29 is 22.3 Å². The number of rotatable bonds is 5. The first-order valence-corrected chi connectivity index (χ1v) is 9.59. The number of ether oxygens (including phenoxy) is 1. The lowest BCUT2D eigenvalue weighted by molar-refractivity contribution is -0.122. The third-order valence-electron chi connectivity index (χ3n) is 4.13. The van der Waals surface area contributed by atoms with Gasteiger partial charge in [0.05, 0.1) is 4.90 Å². The van der Waals surface area contributed by atoms with Crippen molar-refractivity contribution in [3.05, 3.63) is 53.8 Å². The number of carbonyl (C=O) groups is 1. The zero-order valence-corrected chi connectivity index (χ0v) is 15.1. The quantitative estimate of drug-likeness (QED) is 0.868. The fourth-order valence-electron chi connectivity index (χ4n) is 2.97. The highest BCUT2D eigenvalue weighted by molar-refractivity contribution is 7.92. The fraction of sp³-hybridized carbons (Fsp3) is 0.278. The van der Waals surface area contributed by atoms with Crippen molar-refractivity contribution in [2.75, 3.05) is 29.9 Å². The molecule has 0 spiro atoms. The van der Waals surface area contributed by atoms with Gasteiger partial charge in [-0.2, -0.15) is 0 Å². The minimum atomic E-state index is -3.89. The minimum absolute atomic E-state index is 0.00656. The first kappa shape index (κ1) is 18.3. The van der Waals surface area contributed by atoms with E-state index in [4.69, 9.17) is 4.74 Å². The normalized spacial score (nSPS) is 14.0. The van der Waals surface area contributed by atoms with Crippen LogP contribution in [0.1, 0.15) is 12.0 Å². The number of hydrogen-bond donors (Lipinski definition) is 1. The Kier molecular flexibility index (Phi) is 5.24. The molecule has 1 aliphatic rings. The van der Waals surface area contributed by atoms with Crippen LogP contribution in [0.5, 0.6) is 0 Å². The smallest absolute Gasteiger partial charge is 0.261 e. The summed E-state index contributed by atoms with van der Waals surface area (Å²) in [6, 6.07) is 9.83. The second-order valence-corrected chi connectivity index (χ2v) is 7.67. The highest BCUT2D eigenvalue weighted by Crippen LogP contribution is 2.30. The molecule has 0 aromatic heterocycles. The lowest BCUT2D eigenvalue weighted by Gasteiger charge is -2.29. The molecule has 2 aromatic carbocycles. The Balaban J connectivity index is 1.86. The Morgan fingerprint density at radius 2 is 2.08 bits per heavy atom. The van der Waals surface area contributed by atoms with Crippen LogP contribution in [0.25, 0.3) is 0 Å². The van der Waals surface area contributed by atoms with Crippen LogP contribution in [0.3, 0.4) is 0 Å². The van der Waals surface area contributed by atoms with E-state index in [-0.39, 0.29) is 17.4 Å². The van der Waals surface area contributed by atoms with Crippen molar-refractivity contribution in [3.63, 3.8) is 0 Å². The molecule has 138 valence electrons. The molecule has 1 N–H and O–H groups in total. The number of hydrogen-bond acceptors (Lipinski definition) is 4. The molecule has 0 saturated carbocycles. The number of fused-ring (bicyclic) bond motifs is 1. The highest BCUT2D eigenvalue weighted by atomic mass is 32.2. The molecule has 3 rings (SSSR count). The van der Waals surface area contributed by atoms with Crippen LogP contribution in [-0.2, 0) is 26.0 Å². The average Bonchev–Trinajstić information content (AvgIpc) is 2.61. The largest absolute Gasteiger partial charge is 0.375 e. The molecule has 8 heteroatoms. The van der Waals surface area contributed by atoms with E-state index in [9.17, 15) is 17.6 Å². The van der Waals surface area contributed by atoms with E-state index in [2.05, 4.69) is 4.72 Å². The van der Waals surface area contributed by atoms with Crippen molar-refractivity contribution in [1.82, 2.24) is 0 Å². The summed E-state index contributed by atoms with van der Waals surface area (Å²) in [5.41, 5.74) is 2.00. The van der Waals surface area contributed by atoms with Gasteiger partial charge in [0.2, 0.25) is 0 Å². The number of carbonyl (C=O) groups excluding carboxylic acids is 1. The second kappa shape index (κ2) is 7.43. The van der Waals surface area contributed by atoms with Gasteiger partial charge in [-0.25, -0.2) is 12.8 Å². The molecule has 2 aromatic rings. The molecule has 1 heterocycles. The van der Waals surface area contributed by atoms with Gasteiger partial charge in [-0.1, -0.05) is 6.07 Å². The maximum atomic E-state index is 13.3. The Bertz CT molecular complexity index is 931. The fourth-order valence-corrected chi connectivity index (χ4v) is 4.05. The van der Waals surface area contributed by atoms with Crippen LogP contribution in [0, 0.1) is 5.82 Å². The molecule has 0 atom stereocenters. The summed E-state index contributed by atoms with van der Waals surface area (Å²) < 4.78 is 45.5.